The van der Waals surface area contributed by atoms with Crippen molar-refractivity contribution >= 4 is 5.97 Å². The number of carbonyl (C=O) groups is 1. The van der Waals surface area contributed by atoms with Crippen LogP contribution in [0.4, 0.5) is 0 Å². The number of benzene rings is 1. The number of hydrogen-bond acceptors (Lipinski definition) is 7. The minimum atomic E-state index is -2.05. The van der Waals surface area contributed by atoms with E-state index in [1.54, 1.807) is 12.1 Å². The second-order valence-corrected chi connectivity index (χ2v) is 5.28. The Labute approximate surface area is 120 Å². The lowest BCUT2D eigenvalue weighted by molar-refractivity contribution is -0.269. The van der Waals surface area contributed by atoms with E-state index in [0.717, 1.165) is 0 Å². The summed E-state index contributed by atoms with van der Waals surface area (Å²) in [7, 11) is 1.27. The first-order valence-electron chi connectivity index (χ1n) is 6.51. The van der Waals surface area contributed by atoms with Crippen LogP contribution in [0.15, 0.2) is 24.3 Å². The summed E-state index contributed by atoms with van der Waals surface area (Å²) in [6, 6.07) is 6.13. The minimum Gasteiger partial charge on any atom is -0.508 e. The molecule has 2 aliphatic heterocycles. The highest BCUT2D eigenvalue weighted by atomic mass is 16.7. The summed E-state index contributed by atoms with van der Waals surface area (Å²) in [6.07, 6.45) is -2.29. The average molecular weight is 296 g/mol. The average Bonchev–Trinajstić information content (AvgIpc) is 2.87. The molecule has 0 saturated carbocycles. The molecule has 21 heavy (non-hydrogen) atoms. The number of phenols is 1. The third kappa shape index (κ3) is 1.86. The van der Waals surface area contributed by atoms with Gasteiger partial charge in [0, 0.05) is 13.5 Å². The molecule has 0 amide bonds. The third-order valence-electron chi connectivity index (χ3n) is 4.09. The molecule has 3 rings (SSSR count). The Morgan fingerprint density at radius 3 is 2.67 bits per heavy atom. The van der Waals surface area contributed by atoms with Gasteiger partial charge in [-0.1, -0.05) is 12.1 Å². The first-order chi connectivity index (χ1) is 9.93. The van der Waals surface area contributed by atoms with Crippen molar-refractivity contribution in [2.24, 2.45) is 0 Å². The molecule has 1 aromatic rings. The van der Waals surface area contributed by atoms with Gasteiger partial charge in [-0.15, -0.1) is 0 Å². The van der Waals surface area contributed by atoms with Crippen molar-refractivity contribution in [1.29, 1.82) is 0 Å². The monoisotopic (exact) mass is 296 g/mol. The van der Waals surface area contributed by atoms with E-state index in [4.69, 9.17) is 14.2 Å². The fraction of sp³-hybridized carbons (Fsp3) is 0.500. The highest BCUT2D eigenvalue weighted by Crippen LogP contribution is 2.46. The van der Waals surface area contributed by atoms with E-state index in [9.17, 15) is 20.1 Å². The third-order valence-corrected chi connectivity index (χ3v) is 4.09. The second kappa shape index (κ2) is 4.67. The number of hydrogen-bond donors (Lipinski definition) is 3. The zero-order valence-corrected chi connectivity index (χ0v) is 11.4. The smallest absolute Gasteiger partial charge is 0.345 e. The van der Waals surface area contributed by atoms with Gasteiger partial charge in [0.1, 0.15) is 11.9 Å². The van der Waals surface area contributed by atoms with Gasteiger partial charge in [-0.05, 0) is 17.7 Å². The number of esters is 1. The van der Waals surface area contributed by atoms with Crippen LogP contribution in [0.5, 0.6) is 5.75 Å². The summed E-state index contributed by atoms with van der Waals surface area (Å²) in [5.74, 6) is -2.75. The van der Waals surface area contributed by atoms with E-state index in [1.807, 2.05) is 0 Å². The van der Waals surface area contributed by atoms with Crippen molar-refractivity contribution in [3.63, 3.8) is 0 Å². The summed E-state index contributed by atoms with van der Waals surface area (Å²) < 4.78 is 15.6. The molecule has 1 aromatic carbocycles. The molecule has 2 aliphatic rings. The van der Waals surface area contributed by atoms with Gasteiger partial charge >= 0.3 is 5.97 Å². The van der Waals surface area contributed by atoms with Crippen molar-refractivity contribution in [3.05, 3.63) is 29.8 Å². The summed E-state index contributed by atoms with van der Waals surface area (Å²) in [5.41, 5.74) is -1.11. The van der Waals surface area contributed by atoms with Crippen LogP contribution in [0.1, 0.15) is 5.56 Å². The van der Waals surface area contributed by atoms with E-state index < -0.39 is 29.6 Å². The van der Waals surface area contributed by atoms with Crippen molar-refractivity contribution in [1.82, 2.24) is 0 Å². The molecule has 0 aliphatic carbocycles. The predicted octanol–water partition coefficient (Wildman–Crippen LogP) is -0.675. The van der Waals surface area contributed by atoms with E-state index >= 15 is 0 Å². The van der Waals surface area contributed by atoms with Crippen molar-refractivity contribution in [2.75, 3.05) is 13.7 Å². The zero-order chi connectivity index (χ0) is 15.3. The first-order valence-corrected chi connectivity index (χ1v) is 6.51. The Bertz CT molecular complexity index is 557. The lowest BCUT2D eigenvalue weighted by atomic mass is 9.85. The van der Waals surface area contributed by atoms with Crippen LogP contribution in [-0.2, 0) is 25.4 Å². The van der Waals surface area contributed by atoms with Gasteiger partial charge in [-0.25, -0.2) is 4.79 Å². The van der Waals surface area contributed by atoms with E-state index in [1.165, 1.54) is 19.2 Å². The fourth-order valence-corrected chi connectivity index (χ4v) is 2.91. The molecule has 2 saturated heterocycles. The summed E-state index contributed by atoms with van der Waals surface area (Å²) in [6.45, 7) is -0.144. The maximum Gasteiger partial charge on any atom is 0.345 e. The number of ether oxygens (including phenoxy) is 3. The van der Waals surface area contributed by atoms with Crippen molar-refractivity contribution < 1.29 is 34.3 Å². The van der Waals surface area contributed by atoms with Crippen LogP contribution in [0, 0.1) is 0 Å². The number of aliphatic hydroxyl groups is 2. The molecule has 0 spiro atoms. The standard InChI is InChI=1S/C14H16O7/c1-19-13(6-8-2-4-9(15)5-3-8)12(17)21-11-10(16)7-20-14(11,13)18/h2-5,10-11,15-16,18H,6-7H2,1H3/t10-,11-,13+,14-/m1/s1. The van der Waals surface area contributed by atoms with Crippen LogP contribution < -0.4 is 0 Å². The van der Waals surface area contributed by atoms with Gasteiger partial charge < -0.3 is 29.5 Å². The highest BCUT2D eigenvalue weighted by Gasteiger charge is 2.74. The molecule has 114 valence electrons. The normalized spacial score (nSPS) is 38.3. The fourth-order valence-electron chi connectivity index (χ4n) is 2.91. The molecule has 7 heteroatoms. The minimum absolute atomic E-state index is 0.0116. The Balaban J connectivity index is 1.99. The molecule has 0 bridgehead atoms. The molecule has 4 atom stereocenters. The molecular formula is C14H16O7. The largest absolute Gasteiger partial charge is 0.508 e. The lowest BCUT2D eigenvalue weighted by Crippen LogP contribution is -2.60. The molecule has 2 fully saturated rings. The van der Waals surface area contributed by atoms with Gasteiger partial charge in [0.15, 0.2) is 6.10 Å². The lowest BCUT2D eigenvalue weighted by Gasteiger charge is -2.35. The maximum absolute atomic E-state index is 12.2. The number of rotatable bonds is 3. The molecule has 0 aromatic heterocycles. The van der Waals surface area contributed by atoms with Crippen LogP contribution >= 0.6 is 0 Å². The van der Waals surface area contributed by atoms with Crippen LogP contribution in [-0.4, -0.2) is 58.6 Å². The van der Waals surface area contributed by atoms with Gasteiger partial charge in [-0.2, -0.15) is 0 Å². The molecule has 0 radical (unpaired) electrons. The second-order valence-electron chi connectivity index (χ2n) is 5.28. The number of aliphatic hydroxyl groups excluding tert-OH is 1. The number of aromatic hydroxyl groups is 1. The predicted molar refractivity (Wildman–Crippen MR) is 68.3 cm³/mol. The number of phenolic OH excluding ortho intramolecular Hbond substituents is 1. The molecule has 3 N–H and O–H groups in total. The van der Waals surface area contributed by atoms with Gasteiger partial charge in [0.25, 0.3) is 0 Å². The van der Waals surface area contributed by atoms with Crippen LogP contribution in [0.25, 0.3) is 0 Å². The van der Waals surface area contributed by atoms with E-state index in [-0.39, 0.29) is 18.8 Å². The highest BCUT2D eigenvalue weighted by molar-refractivity contribution is 5.85. The molecular weight excluding hydrogens is 280 g/mol. The summed E-state index contributed by atoms with van der Waals surface area (Å²) >= 11 is 0. The Morgan fingerprint density at radius 1 is 1.38 bits per heavy atom. The van der Waals surface area contributed by atoms with Gasteiger partial charge in [-0.3, -0.25) is 0 Å². The van der Waals surface area contributed by atoms with Gasteiger partial charge in [0.2, 0.25) is 11.4 Å². The van der Waals surface area contributed by atoms with Crippen molar-refractivity contribution in [2.45, 2.75) is 30.0 Å². The Hall–Kier alpha value is -1.67. The van der Waals surface area contributed by atoms with E-state index in [0.29, 0.717) is 5.56 Å². The van der Waals surface area contributed by atoms with Crippen molar-refractivity contribution in [3.8, 4) is 5.75 Å². The quantitative estimate of drug-likeness (QED) is 0.635. The summed E-state index contributed by atoms with van der Waals surface area (Å²) in [4.78, 5) is 12.2. The van der Waals surface area contributed by atoms with Crippen LogP contribution in [0.3, 0.4) is 0 Å². The SMILES string of the molecule is CO[C@@]1(Cc2ccc(O)cc2)C(=O)O[C@@H]2[C@H](O)CO[C@]21O. The number of methoxy groups -OCH3 is 1. The Kier molecular flexibility index (Phi) is 3.18. The molecule has 0 unspecified atom stereocenters. The van der Waals surface area contributed by atoms with Gasteiger partial charge in [0.05, 0.1) is 6.61 Å². The maximum atomic E-state index is 12.2. The zero-order valence-electron chi connectivity index (χ0n) is 11.4. The Morgan fingerprint density at radius 2 is 2.05 bits per heavy atom. The number of carbonyl (C=O) groups excluding carboxylic acids is 1. The first kappa shape index (κ1) is 14.3. The van der Waals surface area contributed by atoms with E-state index in [2.05, 4.69) is 0 Å². The number of fused-ring (bicyclic) bond motifs is 1. The molecule has 2 heterocycles. The summed E-state index contributed by atoms with van der Waals surface area (Å²) in [5, 5.41) is 29.8. The molecule has 7 nitrogen and oxygen atoms in total. The van der Waals surface area contributed by atoms with Crippen LogP contribution in [0.2, 0.25) is 0 Å². The topological polar surface area (TPSA) is 105 Å².